The van der Waals surface area contributed by atoms with Gasteiger partial charge in [-0.25, -0.2) is 0 Å². The van der Waals surface area contributed by atoms with Crippen molar-refractivity contribution >= 4 is 11.9 Å². The molecule has 1 aliphatic carbocycles. The average molecular weight is 405 g/mol. The summed E-state index contributed by atoms with van der Waals surface area (Å²) in [6.45, 7) is 3.51. The van der Waals surface area contributed by atoms with E-state index < -0.39 is 0 Å². The van der Waals surface area contributed by atoms with Crippen molar-refractivity contribution in [1.29, 1.82) is 0 Å². The Labute approximate surface area is 172 Å². The Morgan fingerprint density at radius 1 is 1.10 bits per heavy atom. The fraction of sp³-hybridized carbons (Fsp3) is 0.636. The fourth-order valence-corrected chi connectivity index (χ4v) is 4.38. The second-order valence-electron chi connectivity index (χ2n) is 7.70. The normalized spacial score (nSPS) is 23.8. The van der Waals surface area contributed by atoms with Gasteiger partial charge in [-0.15, -0.1) is 0 Å². The first-order chi connectivity index (χ1) is 14.1. The zero-order valence-electron chi connectivity index (χ0n) is 17.4. The van der Waals surface area contributed by atoms with E-state index in [0.29, 0.717) is 19.8 Å². The first kappa shape index (κ1) is 21.6. The van der Waals surface area contributed by atoms with Gasteiger partial charge in [0.05, 0.1) is 45.3 Å². The van der Waals surface area contributed by atoms with Gasteiger partial charge in [0.25, 0.3) is 0 Å². The van der Waals surface area contributed by atoms with Crippen LogP contribution in [0.25, 0.3) is 0 Å². The SMILES string of the molecule is COC(=O)[C@@H]1CCCC[C@H]1C(=O)NC[C@H](c1ccc(OC)cc1)N1CCOCC1. The van der Waals surface area contributed by atoms with E-state index in [1.807, 2.05) is 24.3 Å². The standard InChI is InChI=1S/C22H32N2O5/c1-27-17-9-7-16(8-10-17)20(24-11-13-29-14-12-24)15-23-21(25)18-5-3-4-6-19(18)22(26)28-2/h7-10,18-20H,3-6,11-15H2,1-2H3,(H,23,25)/t18-,19-,20-/m1/s1. The van der Waals surface area contributed by atoms with Crippen molar-refractivity contribution < 1.29 is 23.8 Å². The van der Waals surface area contributed by atoms with Crippen LogP contribution in [0.1, 0.15) is 37.3 Å². The summed E-state index contributed by atoms with van der Waals surface area (Å²) >= 11 is 0. The molecule has 2 aliphatic rings. The Bertz CT molecular complexity index is 672. The number of carbonyl (C=O) groups excluding carboxylic acids is 2. The third-order valence-electron chi connectivity index (χ3n) is 6.06. The molecule has 1 aliphatic heterocycles. The zero-order valence-corrected chi connectivity index (χ0v) is 17.4. The molecular formula is C22H32N2O5. The van der Waals surface area contributed by atoms with Crippen LogP contribution in [-0.4, -0.2) is 63.8 Å². The summed E-state index contributed by atoms with van der Waals surface area (Å²) < 4.78 is 15.7. The molecule has 7 nitrogen and oxygen atoms in total. The van der Waals surface area contributed by atoms with Crippen LogP contribution in [0.2, 0.25) is 0 Å². The number of amides is 1. The Balaban J connectivity index is 1.69. The van der Waals surface area contributed by atoms with E-state index in [2.05, 4.69) is 10.2 Å². The minimum absolute atomic E-state index is 0.0492. The highest BCUT2D eigenvalue weighted by Crippen LogP contribution is 2.31. The maximum Gasteiger partial charge on any atom is 0.309 e. The van der Waals surface area contributed by atoms with Crippen molar-refractivity contribution in [2.45, 2.75) is 31.7 Å². The van der Waals surface area contributed by atoms with Gasteiger partial charge in [0.2, 0.25) is 5.91 Å². The third-order valence-corrected chi connectivity index (χ3v) is 6.06. The number of hydrogen-bond donors (Lipinski definition) is 1. The lowest BCUT2D eigenvalue weighted by Crippen LogP contribution is -2.46. The highest BCUT2D eigenvalue weighted by molar-refractivity contribution is 5.85. The maximum atomic E-state index is 13.0. The van der Waals surface area contributed by atoms with Gasteiger partial charge in [0.1, 0.15) is 5.75 Å². The van der Waals surface area contributed by atoms with Crippen LogP contribution in [0.4, 0.5) is 0 Å². The molecule has 1 aromatic rings. The quantitative estimate of drug-likeness (QED) is 0.702. The van der Waals surface area contributed by atoms with Crippen molar-refractivity contribution in [3.05, 3.63) is 29.8 Å². The molecule has 0 aromatic heterocycles. The summed E-state index contributed by atoms with van der Waals surface area (Å²) in [4.78, 5) is 27.4. The minimum atomic E-state index is -0.337. The van der Waals surface area contributed by atoms with Crippen molar-refractivity contribution in [1.82, 2.24) is 10.2 Å². The monoisotopic (exact) mass is 404 g/mol. The Hall–Kier alpha value is -2.12. The Morgan fingerprint density at radius 2 is 1.76 bits per heavy atom. The van der Waals surface area contributed by atoms with Crippen LogP contribution in [-0.2, 0) is 19.1 Å². The smallest absolute Gasteiger partial charge is 0.309 e. The third kappa shape index (κ3) is 5.48. The highest BCUT2D eigenvalue weighted by Gasteiger charge is 2.36. The number of rotatable bonds is 7. The van der Waals surface area contributed by atoms with E-state index in [1.165, 1.54) is 7.11 Å². The molecule has 1 aromatic carbocycles. The van der Waals surface area contributed by atoms with E-state index in [-0.39, 0.29) is 29.8 Å². The second-order valence-corrected chi connectivity index (χ2v) is 7.70. The molecule has 1 saturated carbocycles. The minimum Gasteiger partial charge on any atom is -0.497 e. The topological polar surface area (TPSA) is 77.1 Å². The number of ether oxygens (including phenoxy) is 3. The van der Waals surface area contributed by atoms with Gasteiger partial charge < -0.3 is 19.5 Å². The van der Waals surface area contributed by atoms with E-state index in [1.54, 1.807) is 7.11 Å². The maximum absolute atomic E-state index is 13.0. The van der Waals surface area contributed by atoms with Gasteiger partial charge >= 0.3 is 5.97 Å². The van der Waals surface area contributed by atoms with Crippen LogP contribution in [0.3, 0.4) is 0 Å². The lowest BCUT2D eigenvalue weighted by molar-refractivity contribution is -0.152. The molecule has 1 N–H and O–H groups in total. The molecule has 1 heterocycles. The van der Waals surface area contributed by atoms with Gasteiger partial charge in [0, 0.05) is 19.6 Å². The van der Waals surface area contributed by atoms with Gasteiger partial charge in [-0.3, -0.25) is 14.5 Å². The summed E-state index contributed by atoms with van der Waals surface area (Å²) in [5.74, 6) is -0.160. The Kier molecular flexibility index (Phi) is 7.89. The highest BCUT2D eigenvalue weighted by atomic mass is 16.5. The van der Waals surface area contributed by atoms with Crippen LogP contribution in [0.15, 0.2) is 24.3 Å². The largest absolute Gasteiger partial charge is 0.497 e. The Morgan fingerprint density at radius 3 is 2.38 bits per heavy atom. The van der Waals surface area contributed by atoms with Crippen molar-refractivity contribution in [3.8, 4) is 5.75 Å². The van der Waals surface area contributed by atoms with Crippen LogP contribution in [0.5, 0.6) is 5.75 Å². The predicted molar refractivity (Wildman–Crippen MR) is 109 cm³/mol. The van der Waals surface area contributed by atoms with Gasteiger partial charge in [-0.05, 0) is 30.5 Å². The first-order valence-electron chi connectivity index (χ1n) is 10.5. The van der Waals surface area contributed by atoms with Crippen molar-refractivity contribution in [2.75, 3.05) is 47.1 Å². The molecule has 29 heavy (non-hydrogen) atoms. The number of esters is 1. The molecule has 1 saturated heterocycles. The predicted octanol–water partition coefficient (Wildman–Crippen LogP) is 2.16. The summed E-state index contributed by atoms with van der Waals surface area (Å²) in [7, 11) is 3.04. The van der Waals surface area contributed by atoms with Gasteiger partial charge in [0.15, 0.2) is 0 Å². The fourth-order valence-electron chi connectivity index (χ4n) is 4.38. The van der Waals surface area contributed by atoms with Crippen LogP contribution >= 0.6 is 0 Å². The first-order valence-corrected chi connectivity index (χ1v) is 10.5. The van der Waals surface area contributed by atoms with E-state index >= 15 is 0 Å². The number of methoxy groups -OCH3 is 2. The number of carbonyl (C=O) groups is 2. The van der Waals surface area contributed by atoms with Crippen LogP contribution < -0.4 is 10.1 Å². The number of hydrogen-bond acceptors (Lipinski definition) is 6. The van der Waals surface area contributed by atoms with E-state index in [9.17, 15) is 9.59 Å². The summed E-state index contributed by atoms with van der Waals surface area (Å²) in [6.07, 6.45) is 3.38. The molecular weight excluding hydrogens is 372 g/mol. The molecule has 0 bridgehead atoms. The summed E-state index contributed by atoms with van der Waals surface area (Å²) in [5.41, 5.74) is 1.13. The van der Waals surface area contributed by atoms with Crippen molar-refractivity contribution in [3.63, 3.8) is 0 Å². The molecule has 2 fully saturated rings. The molecule has 3 atom stereocenters. The van der Waals surface area contributed by atoms with E-state index in [0.717, 1.165) is 50.1 Å². The number of morpholine rings is 1. The average Bonchev–Trinajstić information content (AvgIpc) is 2.79. The van der Waals surface area contributed by atoms with E-state index in [4.69, 9.17) is 14.2 Å². The number of benzene rings is 1. The number of nitrogens with zero attached hydrogens (tertiary/aromatic N) is 1. The lowest BCUT2D eigenvalue weighted by atomic mass is 9.78. The van der Waals surface area contributed by atoms with Gasteiger partial charge in [-0.1, -0.05) is 25.0 Å². The number of nitrogens with one attached hydrogen (secondary N) is 1. The van der Waals surface area contributed by atoms with Gasteiger partial charge in [-0.2, -0.15) is 0 Å². The molecule has 0 unspecified atom stereocenters. The summed E-state index contributed by atoms with van der Waals surface area (Å²) in [6, 6.07) is 8.03. The molecule has 1 amide bonds. The molecule has 3 rings (SSSR count). The second kappa shape index (κ2) is 10.6. The molecule has 0 spiro atoms. The zero-order chi connectivity index (χ0) is 20.6. The van der Waals surface area contributed by atoms with Crippen molar-refractivity contribution in [2.24, 2.45) is 11.8 Å². The summed E-state index contributed by atoms with van der Waals surface area (Å²) in [5, 5.41) is 3.13. The lowest BCUT2D eigenvalue weighted by Gasteiger charge is -2.35. The molecule has 160 valence electrons. The molecule has 7 heteroatoms. The van der Waals surface area contributed by atoms with Crippen LogP contribution in [0, 0.1) is 11.8 Å². The molecule has 0 radical (unpaired) electrons.